The Morgan fingerprint density at radius 3 is 2.44 bits per heavy atom. The number of aryl methyl sites for hydroxylation is 1. The van der Waals surface area contributed by atoms with Crippen LogP contribution in [0, 0.1) is 12.8 Å². The first kappa shape index (κ1) is 22.9. The van der Waals surface area contributed by atoms with E-state index in [1.165, 1.54) is 15.6 Å². The van der Waals surface area contributed by atoms with Crippen LogP contribution >= 0.6 is 22.9 Å². The van der Waals surface area contributed by atoms with Gasteiger partial charge in [-0.3, -0.25) is 4.79 Å². The van der Waals surface area contributed by atoms with Gasteiger partial charge in [-0.2, -0.15) is 0 Å². The van der Waals surface area contributed by atoms with Crippen LogP contribution < -0.4 is 5.32 Å². The van der Waals surface area contributed by atoms with Crippen molar-refractivity contribution in [2.24, 2.45) is 5.92 Å². The summed E-state index contributed by atoms with van der Waals surface area (Å²) >= 11 is 7.39. The molecule has 0 spiro atoms. The highest BCUT2D eigenvalue weighted by Gasteiger charge is 2.31. The molecule has 2 heterocycles. The molecule has 2 aromatic carbocycles. The number of carbonyl (C=O) groups excluding carboxylic acids is 1. The highest BCUT2D eigenvalue weighted by Crippen LogP contribution is 2.32. The first-order valence-electron chi connectivity index (χ1n) is 10.4. The smallest absolute Gasteiger partial charge is 0.229 e. The molecule has 1 amide bonds. The third kappa shape index (κ3) is 5.38. The Labute approximate surface area is 197 Å². The molecule has 1 aliphatic heterocycles. The first-order valence-corrected chi connectivity index (χ1v) is 13.2. The van der Waals surface area contributed by atoms with E-state index in [2.05, 4.69) is 10.3 Å². The number of amides is 1. The van der Waals surface area contributed by atoms with E-state index >= 15 is 0 Å². The molecule has 4 rings (SSSR count). The van der Waals surface area contributed by atoms with E-state index in [9.17, 15) is 13.2 Å². The van der Waals surface area contributed by atoms with E-state index < -0.39 is 10.0 Å². The fourth-order valence-electron chi connectivity index (χ4n) is 3.81. The Morgan fingerprint density at radius 2 is 1.78 bits per heavy atom. The quantitative estimate of drug-likeness (QED) is 0.531. The Balaban J connectivity index is 1.35. The molecule has 0 saturated carbocycles. The van der Waals surface area contributed by atoms with Crippen molar-refractivity contribution in [2.45, 2.75) is 25.5 Å². The summed E-state index contributed by atoms with van der Waals surface area (Å²) in [7, 11) is -3.40. The number of aromatic nitrogens is 1. The van der Waals surface area contributed by atoms with E-state index in [0.29, 0.717) is 36.1 Å². The molecule has 0 aliphatic carbocycles. The molecule has 0 bridgehead atoms. The van der Waals surface area contributed by atoms with Crippen molar-refractivity contribution < 1.29 is 13.2 Å². The fraction of sp³-hybridized carbons (Fsp3) is 0.304. The maximum atomic E-state index is 12.8. The highest BCUT2D eigenvalue weighted by atomic mass is 35.5. The monoisotopic (exact) mass is 489 g/mol. The van der Waals surface area contributed by atoms with Crippen molar-refractivity contribution in [1.82, 2.24) is 9.29 Å². The standard InChI is InChI=1S/C23H24ClN3O3S2/c1-16-21(18-7-9-20(24)10-8-18)25-23(31-16)26-22(28)19-11-13-27(14-12-19)32(29,30)15-17-5-3-2-4-6-17/h2-10,19H,11-15H2,1H3,(H,25,26,28). The van der Waals surface area contributed by atoms with Gasteiger partial charge >= 0.3 is 0 Å². The van der Waals surface area contributed by atoms with E-state index in [1.807, 2.05) is 61.5 Å². The second kappa shape index (κ2) is 9.70. The zero-order valence-electron chi connectivity index (χ0n) is 17.6. The molecule has 1 aliphatic rings. The number of carbonyl (C=O) groups is 1. The summed E-state index contributed by atoms with van der Waals surface area (Å²) in [6, 6.07) is 16.6. The van der Waals surface area contributed by atoms with Gasteiger partial charge in [0.25, 0.3) is 0 Å². The van der Waals surface area contributed by atoms with Crippen LogP contribution in [0.2, 0.25) is 5.02 Å². The van der Waals surface area contributed by atoms with Gasteiger partial charge in [0.15, 0.2) is 5.13 Å². The van der Waals surface area contributed by atoms with Crippen LogP contribution in [0.15, 0.2) is 54.6 Å². The minimum atomic E-state index is -3.40. The lowest BCUT2D eigenvalue weighted by atomic mass is 9.97. The third-order valence-corrected chi connectivity index (χ3v) is 8.54. The van der Waals surface area contributed by atoms with Crippen LogP contribution in [0.25, 0.3) is 11.3 Å². The lowest BCUT2D eigenvalue weighted by Gasteiger charge is -2.30. The van der Waals surface area contributed by atoms with Gasteiger partial charge in [-0.1, -0.05) is 54.1 Å². The van der Waals surface area contributed by atoms with Crippen molar-refractivity contribution in [3.63, 3.8) is 0 Å². The van der Waals surface area contributed by atoms with Crippen LogP contribution in [0.4, 0.5) is 5.13 Å². The molecule has 1 N–H and O–H groups in total. The van der Waals surface area contributed by atoms with Gasteiger partial charge in [0.05, 0.1) is 11.4 Å². The third-order valence-electron chi connectivity index (χ3n) is 5.55. The molecule has 0 atom stereocenters. The maximum Gasteiger partial charge on any atom is 0.229 e. The molecule has 0 radical (unpaired) electrons. The van der Waals surface area contributed by atoms with Gasteiger partial charge in [-0.05, 0) is 37.5 Å². The number of benzene rings is 2. The summed E-state index contributed by atoms with van der Waals surface area (Å²) in [5.41, 5.74) is 2.53. The predicted molar refractivity (Wildman–Crippen MR) is 129 cm³/mol. The van der Waals surface area contributed by atoms with Crippen molar-refractivity contribution in [1.29, 1.82) is 0 Å². The normalized spacial score (nSPS) is 15.6. The van der Waals surface area contributed by atoms with Crippen LogP contribution in [0.5, 0.6) is 0 Å². The Kier molecular flexibility index (Phi) is 6.95. The van der Waals surface area contributed by atoms with Gasteiger partial charge in [-0.15, -0.1) is 11.3 Å². The van der Waals surface area contributed by atoms with Gasteiger partial charge in [0.1, 0.15) is 0 Å². The molecule has 9 heteroatoms. The average molecular weight is 490 g/mol. The Hall–Kier alpha value is -2.26. The minimum absolute atomic E-state index is 0.0173. The molecule has 1 fully saturated rings. The van der Waals surface area contributed by atoms with Crippen molar-refractivity contribution in [3.05, 3.63) is 70.1 Å². The first-order chi connectivity index (χ1) is 15.3. The highest BCUT2D eigenvalue weighted by molar-refractivity contribution is 7.88. The number of rotatable bonds is 6. The van der Waals surface area contributed by atoms with Gasteiger partial charge in [0.2, 0.25) is 15.9 Å². The van der Waals surface area contributed by atoms with Gasteiger partial charge in [-0.25, -0.2) is 17.7 Å². The predicted octanol–water partition coefficient (Wildman–Crippen LogP) is 4.95. The molecular formula is C23H24ClN3O3S2. The maximum absolute atomic E-state index is 12.8. The van der Waals surface area contributed by atoms with Crippen molar-refractivity contribution in [3.8, 4) is 11.3 Å². The second-order valence-corrected chi connectivity index (χ2v) is 11.4. The number of hydrogen-bond donors (Lipinski definition) is 1. The number of thiazole rings is 1. The van der Waals surface area contributed by atoms with Gasteiger partial charge in [0, 0.05) is 34.5 Å². The lowest BCUT2D eigenvalue weighted by Crippen LogP contribution is -2.41. The van der Waals surface area contributed by atoms with E-state index in [4.69, 9.17) is 11.6 Å². The zero-order chi connectivity index (χ0) is 22.7. The molecule has 168 valence electrons. The summed E-state index contributed by atoms with van der Waals surface area (Å²) in [5.74, 6) is -0.362. The summed E-state index contributed by atoms with van der Waals surface area (Å²) in [4.78, 5) is 18.4. The molecular weight excluding hydrogens is 466 g/mol. The Bertz CT molecular complexity index is 1190. The number of anilines is 1. The largest absolute Gasteiger partial charge is 0.302 e. The van der Waals surface area contributed by atoms with E-state index in [0.717, 1.165) is 21.7 Å². The van der Waals surface area contributed by atoms with Crippen LogP contribution in [-0.4, -0.2) is 36.7 Å². The number of sulfonamides is 1. The van der Waals surface area contributed by atoms with E-state index in [1.54, 1.807) is 0 Å². The van der Waals surface area contributed by atoms with Gasteiger partial charge < -0.3 is 5.32 Å². The molecule has 3 aromatic rings. The number of piperidine rings is 1. The number of halogens is 1. The SMILES string of the molecule is Cc1sc(NC(=O)C2CCN(S(=O)(=O)Cc3ccccc3)CC2)nc1-c1ccc(Cl)cc1. The fourth-order valence-corrected chi connectivity index (χ4v) is 6.33. The summed E-state index contributed by atoms with van der Waals surface area (Å²) in [6.45, 7) is 2.66. The van der Waals surface area contributed by atoms with Crippen molar-refractivity contribution in [2.75, 3.05) is 18.4 Å². The summed E-state index contributed by atoms with van der Waals surface area (Å²) in [5, 5.41) is 4.13. The molecule has 1 saturated heterocycles. The van der Waals surface area contributed by atoms with Crippen molar-refractivity contribution >= 4 is 44.0 Å². The number of hydrogen-bond acceptors (Lipinski definition) is 5. The zero-order valence-corrected chi connectivity index (χ0v) is 20.0. The lowest BCUT2D eigenvalue weighted by molar-refractivity contribution is -0.120. The molecule has 0 unspecified atom stereocenters. The molecule has 6 nitrogen and oxygen atoms in total. The summed E-state index contributed by atoms with van der Waals surface area (Å²) < 4.78 is 27.0. The minimum Gasteiger partial charge on any atom is -0.302 e. The number of nitrogens with one attached hydrogen (secondary N) is 1. The van der Waals surface area contributed by atoms with Crippen LogP contribution in [0.1, 0.15) is 23.3 Å². The van der Waals surface area contributed by atoms with Crippen LogP contribution in [-0.2, 0) is 20.6 Å². The average Bonchev–Trinajstić information content (AvgIpc) is 3.14. The van der Waals surface area contributed by atoms with Crippen LogP contribution in [0.3, 0.4) is 0 Å². The topological polar surface area (TPSA) is 79.4 Å². The second-order valence-electron chi connectivity index (χ2n) is 7.84. The molecule has 32 heavy (non-hydrogen) atoms. The number of nitrogens with zero attached hydrogens (tertiary/aromatic N) is 2. The Morgan fingerprint density at radius 1 is 1.12 bits per heavy atom. The molecule has 1 aromatic heterocycles. The van der Waals surface area contributed by atoms with E-state index in [-0.39, 0.29) is 17.6 Å². The summed E-state index contributed by atoms with van der Waals surface area (Å²) in [6.07, 6.45) is 0.989.